The molecule has 0 spiro atoms. The van der Waals surface area contributed by atoms with Crippen LogP contribution in [0, 0.1) is 0 Å². The minimum atomic E-state index is -0.477. The first-order valence-electron chi connectivity index (χ1n) is 9.27. The number of nitrogens with one attached hydrogen (secondary N) is 1. The molecule has 1 heterocycles. The highest BCUT2D eigenvalue weighted by molar-refractivity contribution is 6.23. The van der Waals surface area contributed by atoms with E-state index in [2.05, 4.69) is 10.2 Å². The summed E-state index contributed by atoms with van der Waals surface area (Å²) in [7, 11) is 5.69. The van der Waals surface area contributed by atoms with Gasteiger partial charge in [-0.25, -0.2) is 4.79 Å². The Bertz CT molecular complexity index is 963. The zero-order valence-electron chi connectivity index (χ0n) is 16.2. The molecule has 2 aromatic rings. The van der Waals surface area contributed by atoms with Crippen molar-refractivity contribution in [2.24, 2.45) is 0 Å². The topological polar surface area (TPSA) is 61.9 Å². The molecule has 1 unspecified atom stereocenters. The molecular weight excluding hydrogens is 354 g/mol. The Kier molecular flexibility index (Phi) is 4.65. The number of fused-ring (bicyclic) bond motifs is 2. The lowest BCUT2D eigenvalue weighted by atomic mass is 9.94. The summed E-state index contributed by atoms with van der Waals surface area (Å²) in [6.07, 6.45) is 0. The second-order valence-electron chi connectivity index (χ2n) is 7.30. The SMILES string of the molecule is CN(C)CCOc1ccc(C2NC(=O)N(C)C3=C2C(=O)c2ccccc23)cc1. The van der Waals surface area contributed by atoms with Crippen molar-refractivity contribution in [2.75, 3.05) is 34.3 Å². The van der Waals surface area contributed by atoms with Gasteiger partial charge in [0.25, 0.3) is 0 Å². The summed E-state index contributed by atoms with van der Waals surface area (Å²) < 4.78 is 5.74. The molecule has 0 saturated carbocycles. The number of hydrogen-bond donors (Lipinski definition) is 1. The molecule has 0 aromatic heterocycles. The lowest BCUT2D eigenvalue weighted by Gasteiger charge is -2.32. The third-order valence-corrected chi connectivity index (χ3v) is 5.14. The number of ether oxygens (including phenoxy) is 1. The van der Waals surface area contributed by atoms with Crippen molar-refractivity contribution in [2.45, 2.75) is 6.04 Å². The van der Waals surface area contributed by atoms with Gasteiger partial charge in [0.05, 0.1) is 17.3 Å². The maximum absolute atomic E-state index is 13.1. The molecule has 2 aromatic carbocycles. The third-order valence-electron chi connectivity index (χ3n) is 5.14. The zero-order valence-corrected chi connectivity index (χ0v) is 16.2. The Morgan fingerprint density at radius 3 is 2.39 bits per heavy atom. The molecule has 6 nitrogen and oxygen atoms in total. The molecule has 0 fully saturated rings. The van der Waals surface area contributed by atoms with Crippen molar-refractivity contribution in [1.29, 1.82) is 0 Å². The lowest BCUT2D eigenvalue weighted by molar-refractivity contribution is 0.102. The molecule has 6 heteroatoms. The zero-order chi connectivity index (χ0) is 19.8. The number of Topliss-reactive ketones (excluding diaryl/α,β-unsaturated/α-hetero) is 1. The van der Waals surface area contributed by atoms with Crippen LogP contribution in [0.5, 0.6) is 5.75 Å². The van der Waals surface area contributed by atoms with Crippen molar-refractivity contribution in [3.05, 3.63) is 70.8 Å². The second-order valence-corrected chi connectivity index (χ2v) is 7.30. The number of likely N-dealkylation sites (N-methyl/N-ethyl adjacent to an activating group) is 1. The van der Waals surface area contributed by atoms with Crippen LogP contribution in [-0.4, -0.2) is 55.9 Å². The molecule has 0 radical (unpaired) electrons. The van der Waals surface area contributed by atoms with E-state index in [4.69, 9.17) is 4.74 Å². The van der Waals surface area contributed by atoms with E-state index in [9.17, 15) is 9.59 Å². The van der Waals surface area contributed by atoms with Gasteiger partial charge in [0.15, 0.2) is 5.78 Å². The van der Waals surface area contributed by atoms with Crippen LogP contribution in [-0.2, 0) is 0 Å². The fourth-order valence-corrected chi connectivity index (χ4v) is 3.66. The minimum absolute atomic E-state index is 0.0336. The van der Waals surface area contributed by atoms with Gasteiger partial charge in [-0.1, -0.05) is 36.4 Å². The van der Waals surface area contributed by atoms with Crippen molar-refractivity contribution < 1.29 is 14.3 Å². The van der Waals surface area contributed by atoms with Crippen LogP contribution < -0.4 is 10.1 Å². The monoisotopic (exact) mass is 377 g/mol. The number of rotatable bonds is 5. The molecular formula is C22H23N3O3. The van der Waals surface area contributed by atoms with Crippen LogP contribution in [0.15, 0.2) is 54.1 Å². The molecule has 4 rings (SSSR count). The maximum atomic E-state index is 13.1. The largest absolute Gasteiger partial charge is 0.492 e. The molecule has 28 heavy (non-hydrogen) atoms. The normalized spacial score (nSPS) is 18.3. The first-order valence-corrected chi connectivity index (χ1v) is 9.27. The van der Waals surface area contributed by atoms with Crippen LogP contribution in [0.2, 0.25) is 0 Å². The Balaban J connectivity index is 1.65. The van der Waals surface area contributed by atoms with E-state index in [1.165, 1.54) is 4.90 Å². The smallest absolute Gasteiger partial charge is 0.322 e. The van der Waals surface area contributed by atoms with Crippen molar-refractivity contribution in [3.63, 3.8) is 0 Å². The average Bonchev–Trinajstić information content (AvgIpc) is 2.98. The van der Waals surface area contributed by atoms with Gasteiger partial charge >= 0.3 is 6.03 Å². The summed E-state index contributed by atoms with van der Waals surface area (Å²) in [6, 6.07) is 14.3. The predicted molar refractivity (Wildman–Crippen MR) is 107 cm³/mol. The second kappa shape index (κ2) is 7.13. The molecule has 1 N–H and O–H groups in total. The lowest BCUT2D eigenvalue weighted by Crippen LogP contribution is -2.44. The van der Waals surface area contributed by atoms with Gasteiger partial charge in [0.2, 0.25) is 0 Å². The molecule has 2 aliphatic rings. The minimum Gasteiger partial charge on any atom is -0.492 e. The quantitative estimate of drug-likeness (QED) is 0.870. The Morgan fingerprint density at radius 2 is 1.71 bits per heavy atom. The number of urea groups is 1. The summed E-state index contributed by atoms with van der Waals surface area (Å²) in [5.41, 5.74) is 3.62. The molecule has 0 saturated heterocycles. The summed E-state index contributed by atoms with van der Waals surface area (Å²) >= 11 is 0. The van der Waals surface area contributed by atoms with Gasteiger partial charge in [-0.05, 0) is 31.8 Å². The van der Waals surface area contributed by atoms with Gasteiger partial charge in [0, 0.05) is 24.7 Å². The molecule has 1 aliphatic carbocycles. The number of hydrogen-bond acceptors (Lipinski definition) is 4. The average molecular weight is 377 g/mol. The van der Waals surface area contributed by atoms with E-state index in [0.29, 0.717) is 23.4 Å². The van der Waals surface area contributed by atoms with Crippen molar-refractivity contribution in [1.82, 2.24) is 15.1 Å². The van der Waals surface area contributed by atoms with Gasteiger partial charge in [-0.15, -0.1) is 0 Å². The first kappa shape index (κ1) is 18.3. The van der Waals surface area contributed by atoms with E-state index >= 15 is 0 Å². The number of amides is 2. The predicted octanol–water partition coefficient (Wildman–Crippen LogP) is 2.93. The number of benzene rings is 2. The summed E-state index contributed by atoms with van der Waals surface area (Å²) in [5.74, 6) is 0.730. The highest BCUT2D eigenvalue weighted by atomic mass is 16.5. The summed E-state index contributed by atoms with van der Waals surface area (Å²) in [4.78, 5) is 29.2. The Labute approximate surface area is 164 Å². The fourth-order valence-electron chi connectivity index (χ4n) is 3.66. The number of nitrogens with zero attached hydrogens (tertiary/aromatic N) is 2. The van der Waals surface area contributed by atoms with Gasteiger partial charge in [-0.3, -0.25) is 9.69 Å². The molecule has 1 aliphatic heterocycles. The van der Waals surface area contributed by atoms with Gasteiger partial charge < -0.3 is 15.0 Å². The van der Waals surface area contributed by atoms with E-state index in [1.54, 1.807) is 7.05 Å². The molecule has 2 amide bonds. The van der Waals surface area contributed by atoms with Crippen LogP contribution in [0.1, 0.15) is 27.5 Å². The van der Waals surface area contributed by atoms with E-state index in [1.807, 2.05) is 62.6 Å². The highest BCUT2D eigenvalue weighted by Crippen LogP contribution is 2.43. The number of ketones is 1. The first-order chi connectivity index (χ1) is 13.5. The summed E-state index contributed by atoms with van der Waals surface area (Å²) in [5, 5.41) is 2.96. The highest BCUT2D eigenvalue weighted by Gasteiger charge is 2.42. The van der Waals surface area contributed by atoms with E-state index in [0.717, 1.165) is 23.4 Å². The van der Waals surface area contributed by atoms with E-state index in [-0.39, 0.29) is 11.8 Å². The van der Waals surface area contributed by atoms with E-state index < -0.39 is 6.04 Å². The molecule has 0 bridgehead atoms. The standard InChI is InChI=1S/C22H23N3O3/c1-24(2)12-13-28-15-10-8-14(9-11-15)19-18-20(25(3)22(27)23-19)16-6-4-5-7-17(16)21(18)26/h4-11,19H,12-13H2,1-3H3,(H,23,27). The molecule has 144 valence electrons. The number of carbonyl (C=O) groups excluding carboxylic acids is 2. The van der Waals surface area contributed by atoms with Crippen molar-refractivity contribution in [3.8, 4) is 5.75 Å². The van der Waals surface area contributed by atoms with Crippen molar-refractivity contribution >= 4 is 17.5 Å². The van der Waals surface area contributed by atoms with Crippen LogP contribution in [0.3, 0.4) is 0 Å². The number of carbonyl (C=O) groups is 2. The van der Waals surface area contributed by atoms with Crippen LogP contribution >= 0.6 is 0 Å². The van der Waals surface area contributed by atoms with Gasteiger partial charge in [0.1, 0.15) is 12.4 Å². The third kappa shape index (κ3) is 3.05. The van der Waals surface area contributed by atoms with Gasteiger partial charge in [-0.2, -0.15) is 0 Å². The molecule has 1 atom stereocenters. The van der Waals surface area contributed by atoms with Crippen LogP contribution in [0.4, 0.5) is 4.79 Å². The summed E-state index contributed by atoms with van der Waals surface area (Å²) in [6.45, 7) is 1.43. The maximum Gasteiger partial charge on any atom is 0.322 e. The Morgan fingerprint density at radius 1 is 1.04 bits per heavy atom. The Hall–Kier alpha value is -3.12. The fraction of sp³-hybridized carbons (Fsp3) is 0.273. The van der Waals surface area contributed by atoms with Crippen LogP contribution in [0.25, 0.3) is 5.70 Å².